The van der Waals surface area contributed by atoms with E-state index in [4.69, 9.17) is 10.5 Å². The first-order chi connectivity index (χ1) is 7.27. The van der Waals surface area contributed by atoms with Gasteiger partial charge in [0.15, 0.2) is 0 Å². The molecule has 1 aliphatic rings. The van der Waals surface area contributed by atoms with Crippen LogP contribution in [0.15, 0.2) is 18.6 Å². The van der Waals surface area contributed by atoms with Crippen LogP contribution in [0.1, 0.15) is 6.92 Å². The normalized spacial score (nSPS) is 23.9. The standard InChI is InChI=1S/C10H16N4O/c1-8(11)9-7-14(4-5-15-9)10-6-12-2-3-13-10/h2-3,6,8-9H,4-5,7,11H2,1H3. The first-order valence-corrected chi connectivity index (χ1v) is 5.15. The van der Waals surface area contributed by atoms with Crippen LogP contribution in [0.2, 0.25) is 0 Å². The minimum atomic E-state index is 0.0458. The Labute approximate surface area is 89.3 Å². The van der Waals surface area contributed by atoms with E-state index in [2.05, 4.69) is 14.9 Å². The van der Waals surface area contributed by atoms with E-state index in [-0.39, 0.29) is 12.1 Å². The maximum absolute atomic E-state index is 5.82. The average Bonchev–Trinajstić information content (AvgIpc) is 2.30. The van der Waals surface area contributed by atoms with E-state index in [1.165, 1.54) is 0 Å². The fourth-order valence-electron chi connectivity index (χ4n) is 1.66. The second-order valence-corrected chi connectivity index (χ2v) is 3.78. The summed E-state index contributed by atoms with van der Waals surface area (Å²) >= 11 is 0. The largest absolute Gasteiger partial charge is 0.373 e. The Balaban J connectivity index is 2.05. The number of rotatable bonds is 2. The van der Waals surface area contributed by atoms with Crippen LogP contribution in [-0.4, -0.2) is 41.8 Å². The van der Waals surface area contributed by atoms with Gasteiger partial charge in [0.2, 0.25) is 0 Å². The number of nitrogens with zero attached hydrogens (tertiary/aromatic N) is 3. The SMILES string of the molecule is CC(N)C1CN(c2cnccn2)CCO1. The Morgan fingerprint density at radius 3 is 3.13 bits per heavy atom. The summed E-state index contributed by atoms with van der Waals surface area (Å²) in [7, 11) is 0. The molecule has 0 spiro atoms. The highest BCUT2D eigenvalue weighted by Gasteiger charge is 2.23. The van der Waals surface area contributed by atoms with Crippen LogP contribution in [-0.2, 0) is 4.74 Å². The molecule has 2 atom stereocenters. The zero-order valence-corrected chi connectivity index (χ0v) is 8.84. The van der Waals surface area contributed by atoms with Crippen molar-refractivity contribution in [1.82, 2.24) is 9.97 Å². The molecule has 1 aliphatic heterocycles. The van der Waals surface area contributed by atoms with Crippen molar-refractivity contribution in [3.8, 4) is 0 Å². The zero-order chi connectivity index (χ0) is 10.7. The smallest absolute Gasteiger partial charge is 0.147 e. The maximum Gasteiger partial charge on any atom is 0.147 e. The molecule has 15 heavy (non-hydrogen) atoms. The van der Waals surface area contributed by atoms with E-state index in [0.717, 1.165) is 18.9 Å². The highest BCUT2D eigenvalue weighted by Crippen LogP contribution is 2.14. The molecule has 0 radical (unpaired) electrons. The lowest BCUT2D eigenvalue weighted by Crippen LogP contribution is -2.49. The van der Waals surface area contributed by atoms with Gasteiger partial charge < -0.3 is 15.4 Å². The third-order valence-corrected chi connectivity index (χ3v) is 2.55. The van der Waals surface area contributed by atoms with E-state index in [1.807, 2.05) is 6.92 Å². The van der Waals surface area contributed by atoms with E-state index in [9.17, 15) is 0 Å². The van der Waals surface area contributed by atoms with Crippen LogP contribution in [0.3, 0.4) is 0 Å². The van der Waals surface area contributed by atoms with E-state index in [1.54, 1.807) is 18.6 Å². The number of anilines is 1. The van der Waals surface area contributed by atoms with Crippen LogP contribution < -0.4 is 10.6 Å². The molecule has 1 aromatic heterocycles. The summed E-state index contributed by atoms with van der Waals surface area (Å²) in [5.74, 6) is 0.895. The first-order valence-electron chi connectivity index (χ1n) is 5.15. The molecule has 1 fully saturated rings. The Morgan fingerprint density at radius 2 is 2.47 bits per heavy atom. The van der Waals surface area contributed by atoms with Gasteiger partial charge in [-0.1, -0.05) is 0 Å². The number of hydrogen-bond donors (Lipinski definition) is 1. The molecule has 1 aromatic rings. The van der Waals surface area contributed by atoms with Crippen LogP contribution in [0.5, 0.6) is 0 Å². The second kappa shape index (κ2) is 4.55. The fraction of sp³-hybridized carbons (Fsp3) is 0.600. The molecule has 0 aliphatic carbocycles. The van der Waals surface area contributed by atoms with Gasteiger partial charge in [-0.15, -0.1) is 0 Å². The molecule has 5 heteroatoms. The molecule has 0 amide bonds. The maximum atomic E-state index is 5.82. The predicted molar refractivity (Wildman–Crippen MR) is 57.6 cm³/mol. The van der Waals surface area contributed by atoms with Crippen molar-refractivity contribution < 1.29 is 4.74 Å². The summed E-state index contributed by atoms with van der Waals surface area (Å²) in [6.45, 7) is 4.30. The number of nitrogens with two attached hydrogens (primary N) is 1. The number of morpholine rings is 1. The van der Waals surface area contributed by atoms with Crippen LogP contribution in [0.25, 0.3) is 0 Å². The van der Waals surface area contributed by atoms with Gasteiger partial charge in [-0.05, 0) is 6.92 Å². The van der Waals surface area contributed by atoms with Crippen molar-refractivity contribution in [1.29, 1.82) is 0 Å². The van der Waals surface area contributed by atoms with E-state index in [0.29, 0.717) is 6.61 Å². The van der Waals surface area contributed by atoms with Crippen molar-refractivity contribution in [2.24, 2.45) is 5.73 Å². The molecule has 2 heterocycles. The first kappa shape index (κ1) is 10.3. The molecule has 82 valence electrons. The highest BCUT2D eigenvalue weighted by atomic mass is 16.5. The van der Waals surface area contributed by atoms with Gasteiger partial charge in [0.25, 0.3) is 0 Å². The summed E-state index contributed by atoms with van der Waals surface area (Å²) in [6, 6.07) is 0.0458. The molecular formula is C10H16N4O. The molecule has 2 unspecified atom stereocenters. The summed E-state index contributed by atoms with van der Waals surface area (Å²) in [6.07, 6.45) is 5.23. The summed E-state index contributed by atoms with van der Waals surface area (Å²) in [5.41, 5.74) is 5.82. The molecule has 1 saturated heterocycles. The van der Waals surface area contributed by atoms with Gasteiger partial charge in [-0.3, -0.25) is 4.98 Å². The Hall–Kier alpha value is -1.20. The molecule has 0 bridgehead atoms. The minimum absolute atomic E-state index is 0.0458. The minimum Gasteiger partial charge on any atom is -0.373 e. The number of aromatic nitrogens is 2. The predicted octanol–water partition coefficient (Wildman–Crippen LogP) is 0.0290. The van der Waals surface area contributed by atoms with Crippen molar-refractivity contribution in [2.45, 2.75) is 19.1 Å². The summed E-state index contributed by atoms with van der Waals surface area (Å²) in [5, 5.41) is 0. The van der Waals surface area contributed by atoms with Crippen LogP contribution >= 0.6 is 0 Å². The molecule has 5 nitrogen and oxygen atoms in total. The summed E-state index contributed by atoms with van der Waals surface area (Å²) < 4.78 is 5.58. The third-order valence-electron chi connectivity index (χ3n) is 2.55. The van der Waals surface area contributed by atoms with Crippen LogP contribution in [0.4, 0.5) is 5.82 Å². The van der Waals surface area contributed by atoms with Gasteiger partial charge >= 0.3 is 0 Å². The van der Waals surface area contributed by atoms with Gasteiger partial charge in [0.1, 0.15) is 5.82 Å². The third kappa shape index (κ3) is 2.43. The highest BCUT2D eigenvalue weighted by molar-refractivity contribution is 5.35. The molecule has 2 rings (SSSR count). The molecule has 0 saturated carbocycles. The van der Waals surface area contributed by atoms with Gasteiger partial charge in [0.05, 0.1) is 18.9 Å². The van der Waals surface area contributed by atoms with Crippen molar-refractivity contribution >= 4 is 5.82 Å². The Bertz CT molecular complexity index is 304. The van der Waals surface area contributed by atoms with Crippen molar-refractivity contribution in [3.63, 3.8) is 0 Å². The lowest BCUT2D eigenvalue weighted by atomic mass is 10.1. The van der Waals surface area contributed by atoms with Crippen LogP contribution in [0, 0.1) is 0 Å². The number of ether oxygens (including phenoxy) is 1. The lowest BCUT2D eigenvalue weighted by molar-refractivity contribution is 0.0273. The van der Waals surface area contributed by atoms with Crippen molar-refractivity contribution in [2.75, 3.05) is 24.6 Å². The zero-order valence-electron chi connectivity index (χ0n) is 8.84. The van der Waals surface area contributed by atoms with Gasteiger partial charge in [-0.2, -0.15) is 0 Å². The Kier molecular flexibility index (Phi) is 3.13. The second-order valence-electron chi connectivity index (χ2n) is 3.78. The van der Waals surface area contributed by atoms with Crippen molar-refractivity contribution in [3.05, 3.63) is 18.6 Å². The number of hydrogen-bond acceptors (Lipinski definition) is 5. The Morgan fingerprint density at radius 1 is 1.60 bits per heavy atom. The fourth-order valence-corrected chi connectivity index (χ4v) is 1.66. The lowest BCUT2D eigenvalue weighted by Gasteiger charge is -2.35. The average molecular weight is 208 g/mol. The molecule has 2 N–H and O–H groups in total. The van der Waals surface area contributed by atoms with Gasteiger partial charge in [-0.25, -0.2) is 4.98 Å². The topological polar surface area (TPSA) is 64.3 Å². The quantitative estimate of drug-likeness (QED) is 0.742. The van der Waals surface area contributed by atoms with E-state index >= 15 is 0 Å². The molecule has 0 aromatic carbocycles. The summed E-state index contributed by atoms with van der Waals surface area (Å²) in [4.78, 5) is 10.5. The molecular weight excluding hydrogens is 192 g/mol. The van der Waals surface area contributed by atoms with E-state index < -0.39 is 0 Å². The monoisotopic (exact) mass is 208 g/mol. The van der Waals surface area contributed by atoms with Gasteiger partial charge in [0, 0.05) is 31.5 Å².